The Morgan fingerprint density at radius 3 is 1.77 bits per heavy atom. The molecule has 1 saturated carbocycles. The fourth-order valence-electron chi connectivity index (χ4n) is 1.45. The molecule has 0 aromatic heterocycles. The molecule has 13 heavy (non-hydrogen) atoms. The first-order chi connectivity index (χ1) is 5.77. The molecule has 0 unspecified atom stereocenters. The van der Waals surface area contributed by atoms with Gasteiger partial charge in [-0.3, -0.25) is 0 Å². The largest absolute Gasteiger partial charge is 0.453 e. The molecule has 0 bridgehead atoms. The number of hydrogen-bond donors (Lipinski definition) is 1. The van der Waals surface area contributed by atoms with E-state index in [9.17, 15) is 22.0 Å². The van der Waals surface area contributed by atoms with Crippen molar-refractivity contribution in [3.63, 3.8) is 0 Å². The van der Waals surface area contributed by atoms with Crippen LogP contribution in [0.15, 0.2) is 0 Å². The van der Waals surface area contributed by atoms with Crippen LogP contribution in [0.4, 0.5) is 22.0 Å². The first kappa shape index (κ1) is 10.7. The van der Waals surface area contributed by atoms with Crippen LogP contribution in [0.25, 0.3) is 0 Å². The van der Waals surface area contributed by atoms with E-state index in [1.54, 1.807) is 0 Å². The predicted molar refractivity (Wildman–Crippen MR) is 36.3 cm³/mol. The SMILES string of the molecule is NCCC1(C(F)(F)C(F)(F)F)CC1. The summed E-state index contributed by atoms with van der Waals surface area (Å²) in [6.07, 6.45) is -5.88. The Morgan fingerprint density at radius 2 is 1.54 bits per heavy atom. The van der Waals surface area contributed by atoms with Crippen LogP contribution in [0.1, 0.15) is 19.3 Å². The minimum Gasteiger partial charge on any atom is -0.330 e. The average molecular weight is 203 g/mol. The Hall–Kier alpha value is -0.390. The molecule has 1 rings (SSSR count). The lowest BCUT2D eigenvalue weighted by Gasteiger charge is -2.28. The Bertz CT molecular complexity index is 194. The number of hydrogen-bond acceptors (Lipinski definition) is 1. The maximum Gasteiger partial charge on any atom is 0.453 e. The third-order valence-electron chi connectivity index (χ3n) is 2.50. The standard InChI is InChI=1S/C7H10F5N/c8-6(9,7(10,11)12)5(1-2-5)3-4-13/h1-4,13H2. The predicted octanol–water partition coefficient (Wildman–Crippen LogP) is 2.31. The van der Waals surface area contributed by atoms with Crippen molar-refractivity contribution in [2.24, 2.45) is 11.1 Å². The lowest BCUT2D eigenvalue weighted by Crippen LogP contribution is -2.45. The van der Waals surface area contributed by atoms with Crippen molar-refractivity contribution in [3.05, 3.63) is 0 Å². The highest BCUT2D eigenvalue weighted by molar-refractivity contribution is 5.06. The molecule has 0 heterocycles. The van der Waals surface area contributed by atoms with E-state index >= 15 is 0 Å². The highest BCUT2D eigenvalue weighted by atomic mass is 19.4. The van der Waals surface area contributed by atoms with Gasteiger partial charge in [-0.1, -0.05) is 0 Å². The van der Waals surface area contributed by atoms with Gasteiger partial charge in [0.1, 0.15) is 0 Å². The van der Waals surface area contributed by atoms with Crippen LogP contribution in [0, 0.1) is 5.41 Å². The molecule has 0 spiro atoms. The van der Waals surface area contributed by atoms with E-state index in [0.717, 1.165) is 0 Å². The summed E-state index contributed by atoms with van der Waals surface area (Å²) in [5.74, 6) is -4.58. The molecule has 1 nitrogen and oxygen atoms in total. The normalized spacial score (nSPS) is 21.7. The van der Waals surface area contributed by atoms with Gasteiger partial charge in [0.2, 0.25) is 0 Å². The van der Waals surface area contributed by atoms with Crippen LogP contribution >= 0.6 is 0 Å². The van der Waals surface area contributed by atoms with E-state index in [4.69, 9.17) is 5.73 Å². The van der Waals surface area contributed by atoms with Gasteiger partial charge in [-0.2, -0.15) is 22.0 Å². The molecule has 78 valence electrons. The van der Waals surface area contributed by atoms with E-state index < -0.39 is 17.5 Å². The zero-order valence-electron chi connectivity index (χ0n) is 6.80. The van der Waals surface area contributed by atoms with Gasteiger partial charge in [0.05, 0.1) is 0 Å². The molecule has 0 aliphatic heterocycles. The van der Waals surface area contributed by atoms with E-state index in [-0.39, 0.29) is 25.8 Å². The monoisotopic (exact) mass is 203 g/mol. The second kappa shape index (κ2) is 2.80. The molecule has 1 aliphatic rings. The Kier molecular flexibility index (Phi) is 2.30. The van der Waals surface area contributed by atoms with Crippen molar-refractivity contribution in [3.8, 4) is 0 Å². The molecular weight excluding hydrogens is 193 g/mol. The second-order valence-corrected chi connectivity index (χ2v) is 3.39. The molecule has 0 atom stereocenters. The van der Waals surface area contributed by atoms with Gasteiger partial charge in [-0.15, -0.1) is 0 Å². The fourth-order valence-corrected chi connectivity index (χ4v) is 1.45. The van der Waals surface area contributed by atoms with Gasteiger partial charge >= 0.3 is 12.1 Å². The highest BCUT2D eigenvalue weighted by Gasteiger charge is 2.73. The van der Waals surface area contributed by atoms with Crippen molar-refractivity contribution < 1.29 is 22.0 Å². The molecule has 0 aromatic rings. The molecule has 1 fully saturated rings. The molecular formula is C7H10F5N. The summed E-state index contributed by atoms with van der Waals surface area (Å²) in [6, 6.07) is 0. The number of nitrogens with two attached hydrogens (primary N) is 1. The number of halogens is 5. The summed E-state index contributed by atoms with van der Waals surface area (Å²) in [7, 11) is 0. The van der Waals surface area contributed by atoms with Crippen molar-refractivity contribution in [1.29, 1.82) is 0 Å². The first-order valence-corrected chi connectivity index (χ1v) is 3.91. The topological polar surface area (TPSA) is 26.0 Å². The molecule has 0 saturated heterocycles. The van der Waals surface area contributed by atoms with Gasteiger partial charge in [0.15, 0.2) is 0 Å². The summed E-state index contributed by atoms with van der Waals surface area (Å²) in [6.45, 7) is -0.133. The molecule has 6 heteroatoms. The van der Waals surface area contributed by atoms with E-state index in [0.29, 0.717) is 0 Å². The lowest BCUT2D eigenvalue weighted by molar-refractivity contribution is -0.309. The molecule has 2 N–H and O–H groups in total. The summed E-state index contributed by atoms with van der Waals surface area (Å²) in [5, 5.41) is 0. The van der Waals surface area contributed by atoms with E-state index in [2.05, 4.69) is 0 Å². The lowest BCUT2D eigenvalue weighted by atomic mass is 9.93. The minimum absolute atomic E-state index is 0.0866. The van der Waals surface area contributed by atoms with E-state index in [1.165, 1.54) is 0 Å². The van der Waals surface area contributed by atoms with Crippen molar-refractivity contribution in [1.82, 2.24) is 0 Å². The van der Waals surface area contributed by atoms with Crippen molar-refractivity contribution in [2.45, 2.75) is 31.4 Å². The maximum atomic E-state index is 12.8. The quantitative estimate of drug-likeness (QED) is 0.700. The molecule has 0 aromatic carbocycles. The minimum atomic E-state index is -5.45. The Balaban J connectivity index is 2.80. The second-order valence-electron chi connectivity index (χ2n) is 3.39. The van der Waals surface area contributed by atoms with Crippen molar-refractivity contribution in [2.75, 3.05) is 6.54 Å². The molecule has 0 amide bonds. The highest BCUT2D eigenvalue weighted by Crippen LogP contribution is 2.63. The van der Waals surface area contributed by atoms with Crippen LogP contribution in [0.3, 0.4) is 0 Å². The van der Waals surface area contributed by atoms with E-state index in [1.807, 2.05) is 0 Å². The van der Waals surface area contributed by atoms with Gasteiger partial charge in [0, 0.05) is 5.41 Å². The van der Waals surface area contributed by atoms with Crippen LogP contribution in [0.5, 0.6) is 0 Å². The molecule has 1 aliphatic carbocycles. The summed E-state index contributed by atoms with van der Waals surface area (Å²) in [5.41, 5.74) is 3.09. The maximum absolute atomic E-state index is 12.8. The zero-order valence-corrected chi connectivity index (χ0v) is 6.80. The smallest absolute Gasteiger partial charge is 0.330 e. The van der Waals surface area contributed by atoms with Crippen LogP contribution < -0.4 is 5.73 Å². The summed E-state index contributed by atoms with van der Waals surface area (Å²) < 4.78 is 61.3. The van der Waals surface area contributed by atoms with Gasteiger partial charge in [0.25, 0.3) is 0 Å². The summed E-state index contributed by atoms with van der Waals surface area (Å²) >= 11 is 0. The van der Waals surface area contributed by atoms with Gasteiger partial charge < -0.3 is 5.73 Å². The van der Waals surface area contributed by atoms with Crippen LogP contribution in [-0.2, 0) is 0 Å². The van der Waals surface area contributed by atoms with Crippen molar-refractivity contribution >= 4 is 0 Å². The number of rotatable bonds is 3. The average Bonchev–Trinajstić information content (AvgIpc) is 2.67. The first-order valence-electron chi connectivity index (χ1n) is 3.91. The van der Waals surface area contributed by atoms with Crippen LogP contribution in [0.2, 0.25) is 0 Å². The zero-order chi connectivity index (χ0) is 10.3. The van der Waals surface area contributed by atoms with Gasteiger partial charge in [-0.25, -0.2) is 0 Å². The van der Waals surface area contributed by atoms with Gasteiger partial charge in [-0.05, 0) is 25.8 Å². The number of alkyl halides is 5. The fraction of sp³-hybridized carbons (Fsp3) is 1.00. The Morgan fingerprint density at radius 1 is 1.08 bits per heavy atom. The Labute approximate surface area is 72.1 Å². The summed E-state index contributed by atoms with van der Waals surface area (Å²) in [4.78, 5) is 0. The third-order valence-corrected chi connectivity index (χ3v) is 2.50. The third kappa shape index (κ3) is 1.51. The molecule has 0 radical (unpaired) electrons. The van der Waals surface area contributed by atoms with Crippen LogP contribution in [-0.4, -0.2) is 18.6 Å².